The topological polar surface area (TPSA) is 63.6 Å². The summed E-state index contributed by atoms with van der Waals surface area (Å²) in [5, 5.41) is 9.55. The first-order valence-electron chi connectivity index (χ1n) is 6.61. The SMILES string of the molecule is Cc1ccc(S(=O)(=O)OCC2CCCC(O)C2)cc1. The van der Waals surface area contributed by atoms with Crippen LogP contribution in [-0.2, 0) is 14.3 Å². The van der Waals surface area contributed by atoms with Crippen molar-refractivity contribution < 1.29 is 17.7 Å². The molecule has 1 aliphatic rings. The van der Waals surface area contributed by atoms with Gasteiger partial charge in [0.15, 0.2) is 0 Å². The Kier molecular flexibility index (Phi) is 4.60. The van der Waals surface area contributed by atoms with Gasteiger partial charge >= 0.3 is 0 Å². The van der Waals surface area contributed by atoms with Crippen molar-refractivity contribution in [1.82, 2.24) is 0 Å². The van der Waals surface area contributed by atoms with Crippen LogP contribution in [0.1, 0.15) is 31.2 Å². The molecule has 1 aliphatic carbocycles. The van der Waals surface area contributed by atoms with Crippen LogP contribution in [0, 0.1) is 12.8 Å². The summed E-state index contributed by atoms with van der Waals surface area (Å²) in [4.78, 5) is 0.189. The number of benzene rings is 1. The summed E-state index contributed by atoms with van der Waals surface area (Å²) in [6, 6.07) is 6.61. The quantitative estimate of drug-likeness (QED) is 0.861. The van der Waals surface area contributed by atoms with Gasteiger partial charge in [0.1, 0.15) is 0 Å². The van der Waals surface area contributed by atoms with Crippen molar-refractivity contribution in [1.29, 1.82) is 0 Å². The second-order valence-electron chi connectivity index (χ2n) is 5.24. The second-order valence-corrected chi connectivity index (χ2v) is 6.85. The third-order valence-corrected chi connectivity index (χ3v) is 4.82. The molecule has 0 bridgehead atoms. The van der Waals surface area contributed by atoms with Crippen molar-refractivity contribution in [2.75, 3.05) is 6.61 Å². The highest BCUT2D eigenvalue weighted by Crippen LogP contribution is 2.25. The molecule has 1 saturated carbocycles. The summed E-state index contributed by atoms with van der Waals surface area (Å²) >= 11 is 0. The van der Waals surface area contributed by atoms with E-state index in [1.54, 1.807) is 24.3 Å². The summed E-state index contributed by atoms with van der Waals surface area (Å²) < 4.78 is 29.1. The third-order valence-electron chi connectivity index (χ3n) is 3.52. The molecule has 0 amide bonds. The Morgan fingerprint density at radius 2 is 1.95 bits per heavy atom. The molecule has 0 heterocycles. The minimum absolute atomic E-state index is 0.129. The first-order valence-corrected chi connectivity index (χ1v) is 8.02. The van der Waals surface area contributed by atoms with Crippen LogP contribution < -0.4 is 0 Å². The molecule has 106 valence electrons. The van der Waals surface area contributed by atoms with Gasteiger partial charge in [0.05, 0.1) is 17.6 Å². The summed E-state index contributed by atoms with van der Waals surface area (Å²) in [5.74, 6) is 0.129. The Bertz CT molecular complexity index is 507. The molecular formula is C14H20O4S. The van der Waals surface area contributed by atoms with Crippen LogP contribution in [0.3, 0.4) is 0 Å². The molecule has 4 nitrogen and oxygen atoms in total. The van der Waals surface area contributed by atoms with Crippen LogP contribution in [0.15, 0.2) is 29.2 Å². The third kappa shape index (κ3) is 4.03. The van der Waals surface area contributed by atoms with Gasteiger partial charge in [-0.2, -0.15) is 8.42 Å². The van der Waals surface area contributed by atoms with E-state index in [9.17, 15) is 13.5 Å². The molecule has 19 heavy (non-hydrogen) atoms. The molecule has 5 heteroatoms. The standard InChI is InChI=1S/C14H20O4S/c1-11-5-7-14(8-6-11)19(16,17)18-10-12-3-2-4-13(15)9-12/h5-8,12-13,15H,2-4,9-10H2,1H3. The minimum atomic E-state index is -3.68. The fraction of sp³-hybridized carbons (Fsp3) is 0.571. The number of aliphatic hydroxyl groups excluding tert-OH is 1. The predicted molar refractivity (Wildman–Crippen MR) is 72.3 cm³/mol. The van der Waals surface area contributed by atoms with E-state index in [2.05, 4.69) is 0 Å². The maximum atomic E-state index is 12.0. The lowest BCUT2D eigenvalue weighted by Crippen LogP contribution is -2.24. The van der Waals surface area contributed by atoms with Gasteiger partial charge in [-0.25, -0.2) is 0 Å². The first kappa shape index (κ1) is 14.5. The van der Waals surface area contributed by atoms with E-state index in [1.165, 1.54) is 0 Å². The van der Waals surface area contributed by atoms with E-state index >= 15 is 0 Å². The van der Waals surface area contributed by atoms with Crippen LogP contribution in [0.5, 0.6) is 0 Å². The smallest absolute Gasteiger partial charge is 0.296 e. The molecule has 0 spiro atoms. The number of aliphatic hydroxyl groups is 1. The Morgan fingerprint density at radius 1 is 1.26 bits per heavy atom. The molecule has 0 aromatic heterocycles. The van der Waals surface area contributed by atoms with Gasteiger partial charge < -0.3 is 5.11 Å². The molecule has 1 aromatic carbocycles. The van der Waals surface area contributed by atoms with Crippen molar-refractivity contribution in [3.05, 3.63) is 29.8 Å². The Morgan fingerprint density at radius 3 is 2.58 bits per heavy atom. The van der Waals surface area contributed by atoms with Gasteiger partial charge in [0.2, 0.25) is 0 Å². The molecule has 2 unspecified atom stereocenters. The predicted octanol–water partition coefficient (Wildman–Crippen LogP) is 2.25. The van der Waals surface area contributed by atoms with E-state index in [1.807, 2.05) is 6.92 Å². The van der Waals surface area contributed by atoms with Crippen molar-refractivity contribution >= 4 is 10.1 Å². The summed E-state index contributed by atoms with van der Waals surface area (Å²) in [6.07, 6.45) is 2.97. The zero-order chi connectivity index (χ0) is 13.9. The maximum Gasteiger partial charge on any atom is 0.296 e. The van der Waals surface area contributed by atoms with E-state index in [0.717, 1.165) is 24.8 Å². The fourth-order valence-electron chi connectivity index (χ4n) is 2.37. The Labute approximate surface area is 114 Å². The molecule has 2 rings (SSSR count). The molecule has 0 radical (unpaired) electrons. The zero-order valence-corrected chi connectivity index (χ0v) is 11.9. The minimum Gasteiger partial charge on any atom is -0.393 e. The lowest BCUT2D eigenvalue weighted by Gasteiger charge is -2.25. The van der Waals surface area contributed by atoms with Crippen LogP contribution >= 0.6 is 0 Å². The highest BCUT2D eigenvalue weighted by molar-refractivity contribution is 7.86. The zero-order valence-electron chi connectivity index (χ0n) is 11.1. The maximum absolute atomic E-state index is 12.0. The Hall–Kier alpha value is -0.910. The average Bonchev–Trinajstić information content (AvgIpc) is 2.37. The summed E-state index contributed by atoms with van der Waals surface area (Å²) in [5.41, 5.74) is 1.01. The normalized spacial score (nSPS) is 24.3. The van der Waals surface area contributed by atoms with Crippen LogP contribution in [0.25, 0.3) is 0 Å². The van der Waals surface area contributed by atoms with Gasteiger partial charge in [-0.15, -0.1) is 0 Å². The summed E-state index contributed by atoms with van der Waals surface area (Å²) in [6.45, 7) is 2.06. The largest absolute Gasteiger partial charge is 0.393 e. The molecule has 1 N–H and O–H groups in total. The molecular weight excluding hydrogens is 264 g/mol. The highest BCUT2D eigenvalue weighted by atomic mass is 32.2. The summed E-state index contributed by atoms with van der Waals surface area (Å²) in [7, 11) is -3.68. The molecule has 1 fully saturated rings. The van der Waals surface area contributed by atoms with Crippen molar-refractivity contribution in [2.45, 2.75) is 43.6 Å². The number of rotatable bonds is 4. The van der Waals surface area contributed by atoms with Crippen LogP contribution in [0.2, 0.25) is 0 Å². The molecule has 0 aliphatic heterocycles. The lowest BCUT2D eigenvalue weighted by molar-refractivity contribution is 0.0821. The van der Waals surface area contributed by atoms with Crippen molar-refractivity contribution in [3.8, 4) is 0 Å². The number of hydrogen-bond donors (Lipinski definition) is 1. The van der Waals surface area contributed by atoms with E-state index in [-0.39, 0.29) is 23.5 Å². The number of hydrogen-bond acceptors (Lipinski definition) is 4. The lowest BCUT2D eigenvalue weighted by atomic mass is 9.88. The van der Waals surface area contributed by atoms with Gasteiger partial charge in [0, 0.05) is 0 Å². The van der Waals surface area contributed by atoms with Gasteiger partial charge in [-0.3, -0.25) is 4.18 Å². The van der Waals surface area contributed by atoms with Crippen molar-refractivity contribution in [2.24, 2.45) is 5.92 Å². The highest BCUT2D eigenvalue weighted by Gasteiger charge is 2.23. The van der Waals surface area contributed by atoms with Gasteiger partial charge in [0.25, 0.3) is 10.1 Å². The molecule has 0 saturated heterocycles. The van der Waals surface area contributed by atoms with Gasteiger partial charge in [-0.05, 0) is 44.2 Å². The molecule has 2 atom stereocenters. The average molecular weight is 284 g/mol. The van der Waals surface area contributed by atoms with Gasteiger partial charge in [-0.1, -0.05) is 24.1 Å². The molecule has 1 aromatic rings. The monoisotopic (exact) mass is 284 g/mol. The van der Waals surface area contributed by atoms with Crippen LogP contribution in [0.4, 0.5) is 0 Å². The fourth-order valence-corrected chi connectivity index (χ4v) is 3.35. The first-order chi connectivity index (χ1) is 8.97. The second kappa shape index (κ2) is 6.03. The van der Waals surface area contributed by atoms with E-state index in [0.29, 0.717) is 6.42 Å². The number of aryl methyl sites for hydroxylation is 1. The van der Waals surface area contributed by atoms with Crippen molar-refractivity contribution in [3.63, 3.8) is 0 Å². The van der Waals surface area contributed by atoms with E-state index in [4.69, 9.17) is 4.18 Å². The Balaban J connectivity index is 1.96. The van der Waals surface area contributed by atoms with Crippen LogP contribution in [-0.4, -0.2) is 26.2 Å². The van der Waals surface area contributed by atoms with E-state index < -0.39 is 10.1 Å².